The minimum Gasteiger partial charge on any atom is -0.194 e. The summed E-state index contributed by atoms with van der Waals surface area (Å²) in [7, 11) is 0. The summed E-state index contributed by atoms with van der Waals surface area (Å²) >= 11 is 0. The number of halogens is 6. The van der Waals surface area contributed by atoms with Gasteiger partial charge in [0.15, 0.2) is 0 Å². The van der Waals surface area contributed by atoms with Crippen molar-refractivity contribution in [3.63, 3.8) is 0 Å². The van der Waals surface area contributed by atoms with Gasteiger partial charge in [0.1, 0.15) is 0 Å². The number of hydrogen-bond donors (Lipinski definition) is 0. The zero-order valence-electron chi connectivity index (χ0n) is 13.0. The minimum atomic E-state index is -5.31. The van der Waals surface area contributed by atoms with E-state index in [-0.39, 0.29) is 0 Å². The van der Waals surface area contributed by atoms with Gasteiger partial charge in [0.05, 0.1) is 0 Å². The van der Waals surface area contributed by atoms with E-state index in [0.29, 0.717) is 51.4 Å². The van der Waals surface area contributed by atoms with E-state index in [1.165, 1.54) is 0 Å². The van der Waals surface area contributed by atoms with Crippen molar-refractivity contribution in [2.75, 3.05) is 0 Å². The van der Waals surface area contributed by atoms with Gasteiger partial charge in [-0.1, -0.05) is 38.5 Å². The van der Waals surface area contributed by atoms with E-state index in [1.54, 1.807) is 0 Å². The van der Waals surface area contributed by atoms with Gasteiger partial charge in [0.2, 0.25) is 0 Å². The van der Waals surface area contributed by atoms with Crippen LogP contribution in [0.2, 0.25) is 0 Å². The van der Waals surface area contributed by atoms with Gasteiger partial charge < -0.3 is 0 Å². The highest BCUT2D eigenvalue weighted by Crippen LogP contribution is 2.64. The number of allylic oxidation sites excluding steroid dienone is 2. The van der Waals surface area contributed by atoms with E-state index in [4.69, 9.17) is 0 Å². The predicted octanol–water partition coefficient (Wildman–Crippen LogP) is 6.36. The number of alkyl halides is 6. The normalized spacial score (nSPS) is 31.6. The summed E-state index contributed by atoms with van der Waals surface area (Å²) in [6.45, 7) is 0. The molecule has 0 aromatic carbocycles. The van der Waals surface area contributed by atoms with E-state index in [0.717, 1.165) is 12.8 Å². The molecule has 0 aromatic heterocycles. The van der Waals surface area contributed by atoms with Crippen LogP contribution in [-0.4, -0.2) is 17.8 Å². The Morgan fingerprint density at radius 2 is 0.826 bits per heavy atom. The summed E-state index contributed by atoms with van der Waals surface area (Å²) in [5, 5.41) is 0. The summed E-state index contributed by atoms with van der Waals surface area (Å²) in [4.78, 5) is 0. The zero-order chi connectivity index (χ0) is 16.9. The minimum absolute atomic E-state index is 0.313. The van der Waals surface area contributed by atoms with Gasteiger partial charge in [-0.05, 0) is 37.5 Å². The van der Waals surface area contributed by atoms with Crippen molar-refractivity contribution in [3.05, 3.63) is 11.1 Å². The Labute approximate surface area is 132 Å². The molecule has 2 saturated carbocycles. The third-order valence-electron chi connectivity index (χ3n) is 5.78. The molecule has 0 radical (unpaired) electrons. The van der Waals surface area contributed by atoms with Crippen LogP contribution < -0.4 is 0 Å². The van der Waals surface area contributed by atoms with Crippen LogP contribution in [0.5, 0.6) is 0 Å². The zero-order valence-corrected chi connectivity index (χ0v) is 13.0. The standard InChI is InChI=1S/C17H22F6/c18-15(19)13(11-7-3-1-4-8-11)14(12-9-5-2-6-10-12)16(20,21)17(15,22)23/h11-12H,1-10H2. The van der Waals surface area contributed by atoms with Crippen molar-refractivity contribution in [1.82, 2.24) is 0 Å². The van der Waals surface area contributed by atoms with Crippen molar-refractivity contribution >= 4 is 0 Å². The lowest BCUT2D eigenvalue weighted by Crippen LogP contribution is -2.50. The molecular formula is C17H22F6. The molecular weight excluding hydrogens is 318 g/mol. The van der Waals surface area contributed by atoms with Crippen LogP contribution in [0.25, 0.3) is 0 Å². The second-order valence-corrected chi connectivity index (χ2v) is 7.22. The van der Waals surface area contributed by atoms with Gasteiger partial charge in [0.25, 0.3) is 0 Å². The van der Waals surface area contributed by atoms with Crippen LogP contribution in [0.15, 0.2) is 11.1 Å². The fourth-order valence-corrected chi connectivity index (χ4v) is 4.61. The van der Waals surface area contributed by atoms with Gasteiger partial charge in [-0.25, -0.2) is 0 Å². The van der Waals surface area contributed by atoms with E-state index in [2.05, 4.69) is 0 Å². The Balaban J connectivity index is 2.10. The van der Waals surface area contributed by atoms with E-state index in [1.807, 2.05) is 0 Å². The maximum absolute atomic E-state index is 14.4. The second-order valence-electron chi connectivity index (χ2n) is 7.22. The molecule has 0 nitrogen and oxygen atoms in total. The van der Waals surface area contributed by atoms with Gasteiger partial charge in [-0.2, -0.15) is 26.3 Å². The molecule has 23 heavy (non-hydrogen) atoms. The van der Waals surface area contributed by atoms with Crippen LogP contribution >= 0.6 is 0 Å². The summed E-state index contributed by atoms with van der Waals surface area (Å²) < 4.78 is 85.5. The maximum atomic E-state index is 14.4. The number of rotatable bonds is 2. The molecule has 0 atom stereocenters. The quantitative estimate of drug-likeness (QED) is 0.405. The first-order valence-corrected chi connectivity index (χ1v) is 8.59. The first-order chi connectivity index (χ1) is 10.7. The average Bonchev–Trinajstić information content (AvgIpc) is 2.63. The smallest absolute Gasteiger partial charge is 0.194 e. The van der Waals surface area contributed by atoms with Gasteiger partial charge in [0, 0.05) is 11.1 Å². The predicted molar refractivity (Wildman–Crippen MR) is 75.0 cm³/mol. The Hall–Kier alpha value is -0.680. The molecule has 0 unspecified atom stereocenters. The van der Waals surface area contributed by atoms with Gasteiger partial charge in [-0.3, -0.25) is 0 Å². The van der Waals surface area contributed by atoms with E-state index in [9.17, 15) is 26.3 Å². The highest BCUT2D eigenvalue weighted by molar-refractivity contribution is 5.43. The van der Waals surface area contributed by atoms with E-state index < -0.39 is 40.7 Å². The lowest BCUT2D eigenvalue weighted by molar-refractivity contribution is -0.267. The maximum Gasteiger partial charge on any atom is 0.380 e. The van der Waals surface area contributed by atoms with Crippen LogP contribution in [0, 0.1) is 11.8 Å². The molecule has 2 fully saturated rings. The Morgan fingerprint density at radius 3 is 1.13 bits per heavy atom. The average molecular weight is 340 g/mol. The van der Waals surface area contributed by atoms with Crippen molar-refractivity contribution in [2.24, 2.45) is 11.8 Å². The topological polar surface area (TPSA) is 0 Å². The Kier molecular flexibility index (Phi) is 4.25. The first kappa shape index (κ1) is 17.2. The highest BCUT2D eigenvalue weighted by atomic mass is 19.3. The molecule has 0 heterocycles. The molecule has 3 aliphatic carbocycles. The van der Waals surface area contributed by atoms with Gasteiger partial charge in [-0.15, -0.1) is 0 Å². The summed E-state index contributed by atoms with van der Waals surface area (Å²) in [5.74, 6) is -16.4. The van der Waals surface area contributed by atoms with Crippen LogP contribution in [0.4, 0.5) is 26.3 Å². The monoisotopic (exact) mass is 340 g/mol. The molecule has 3 aliphatic rings. The summed E-state index contributed by atoms with van der Waals surface area (Å²) in [6, 6.07) is 0. The van der Waals surface area contributed by atoms with Crippen LogP contribution in [-0.2, 0) is 0 Å². The highest BCUT2D eigenvalue weighted by Gasteiger charge is 2.80. The van der Waals surface area contributed by atoms with E-state index >= 15 is 0 Å². The first-order valence-electron chi connectivity index (χ1n) is 8.59. The molecule has 0 spiro atoms. The Morgan fingerprint density at radius 1 is 0.522 bits per heavy atom. The molecule has 0 aromatic rings. The van der Waals surface area contributed by atoms with Crippen molar-refractivity contribution < 1.29 is 26.3 Å². The number of hydrogen-bond acceptors (Lipinski definition) is 0. The Bertz CT molecular complexity index is 439. The molecule has 0 saturated heterocycles. The van der Waals surface area contributed by atoms with Crippen molar-refractivity contribution in [2.45, 2.75) is 82.0 Å². The summed E-state index contributed by atoms with van der Waals surface area (Å²) in [6.07, 6.45) is 5.50. The van der Waals surface area contributed by atoms with Crippen LogP contribution in [0.3, 0.4) is 0 Å². The van der Waals surface area contributed by atoms with Crippen molar-refractivity contribution in [1.29, 1.82) is 0 Å². The molecule has 0 amide bonds. The van der Waals surface area contributed by atoms with Crippen LogP contribution in [0.1, 0.15) is 64.2 Å². The fraction of sp³-hybridized carbons (Fsp3) is 0.882. The lowest BCUT2D eigenvalue weighted by atomic mass is 9.76. The third-order valence-corrected chi connectivity index (χ3v) is 5.78. The SMILES string of the molecule is FC1(F)C(C2CCCCC2)=C(C2CCCCC2)C(F)(F)C1(F)F. The van der Waals surface area contributed by atoms with Gasteiger partial charge >= 0.3 is 17.8 Å². The fourth-order valence-electron chi connectivity index (χ4n) is 4.61. The lowest BCUT2D eigenvalue weighted by Gasteiger charge is -2.30. The van der Waals surface area contributed by atoms with Crippen molar-refractivity contribution in [3.8, 4) is 0 Å². The molecule has 6 heteroatoms. The molecule has 0 N–H and O–H groups in total. The molecule has 0 aliphatic heterocycles. The molecule has 0 bridgehead atoms. The largest absolute Gasteiger partial charge is 0.380 e. The second kappa shape index (κ2) is 5.69. The molecule has 3 rings (SSSR count). The summed E-state index contributed by atoms with van der Waals surface area (Å²) in [5.41, 5.74) is -1.81. The molecule has 132 valence electrons. The third kappa shape index (κ3) is 2.42.